The molecule has 0 amide bonds. The highest BCUT2D eigenvalue weighted by atomic mass is 16.3. The van der Waals surface area contributed by atoms with E-state index >= 15 is 0 Å². The van der Waals surface area contributed by atoms with Gasteiger partial charge in [0.2, 0.25) is 0 Å². The number of hydrogen-bond acceptors (Lipinski definition) is 1. The summed E-state index contributed by atoms with van der Waals surface area (Å²) in [6.07, 6.45) is 0. The fourth-order valence-corrected chi connectivity index (χ4v) is 2.38. The number of benzene rings is 1. The molecule has 0 unspecified atom stereocenters. The molecule has 1 aromatic rings. The predicted octanol–water partition coefficient (Wildman–Crippen LogP) is 3.51. The van der Waals surface area contributed by atoms with Crippen molar-refractivity contribution in [2.24, 2.45) is 5.92 Å². The van der Waals surface area contributed by atoms with Crippen LogP contribution in [0, 0.1) is 12.8 Å². The quantitative estimate of drug-likeness (QED) is 0.802. The Morgan fingerprint density at radius 2 is 1.53 bits per heavy atom. The van der Waals surface area contributed by atoms with Crippen molar-refractivity contribution >= 4 is 0 Å². The van der Waals surface area contributed by atoms with E-state index < -0.39 is 5.60 Å². The molecule has 84 valence electrons. The third-order valence-electron chi connectivity index (χ3n) is 2.86. The lowest BCUT2D eigenvalue weighted by atomic mass is 9.77. The van der Waals surface area contributed by atoms with Crippen LogP contribution in [0.15, 0.2) is 24.3 Å². The average molecular weight is 206 g/mol. The standard InChI is InChI=1S/C14H22O/c1-10(2)13(14(4,5)15)12-8-6-11(3)7-9-12/h6-10,13,15H,1-5H3/t13-/m0/s1. The SMILES string of the molecule is Cc1ccc([C@H](C(C)C)C(C)(C)O)cc1. The van der Waals surface area contributed by atoms with Crippen LogP contribution in [0.3, 0.4) is 0 Å². The largest absolute Gasteiger partial charge is 0.390 e. The maximum atomic E-state index is 10.2. The lowest BCUT2D eigenvalue weighted by molar-refractivity contribution is 0.0332. The van der Waals surface area contributed by atoms with Crippen LogP contribution >= 0.6 is 0 Å². The van der Waals surface area contributed by atoms with E-state index in [1.165, 1.54) is 11.1 Å². The highest BCUT2D eigenvalue weighted by Gasteiger charge is 2.30. The van der Waals surface area contributed by atoms with Crippen molar-refractivity contribution in [3.05, 3.63) is 35.4 Å². The van der Waals surface area contributed by atoms with Crippen LogP contribution in [0.25, 0.3) is 0 Å². The minimum atomic E-state index is -0.663. The second-order valence-corrected chi connectivity index (χ2v) is 5.29. The van der Waals surface area contributed by atoms with Gasteiger partial charge in [0, 0.05) is 5.92 Å². The fraction of sp³-hybridized carbons (Fsp3) is 0.571. The monoisotopic (exact) mass is 206 g/mol. The molecule has 0 aliphatic rings. The molecule has 0 fully saturated rings. The van der Waals surface area contributed by atoms with E-state index in [1.807, 2.05) is 13.8 Å². The predicted molar refractivity (Wildman–Crippen MR) is 65.1 cm³/mol. The minimum absolute atomic E-state index is 0.193. The molecular formula is C14H22O. The van der Waals surface area contributed by atoms with Gasteiger partial charge in [-0.2, -0.15) is 0 Å². The van der Waals surface area contributed by atoms with Gasteiger partial charge in [-0.15, -0.1) is 0 Å². The summed E-state index contributed by atoms with van der Waals surface area (Å²) in [6, 6.07) is 8.46. The van der Waals surface area contributed by atoms with Crippen LogP contribution in [0.5, 0.6) is 0 Å². The molecule has 1 N–H and O–H groups in total. The normalized spacial score (nSPS) is 14.3. The van der Waals surface area contributed by atoms with Crippen molar-refractivity contribution in [2.75, 3.05) is 0 Å². The van der Waals surface area contributed by atoms with Crippen LogP contribution < -0.4 is 0 Å². The molecule has 0 saturated carbocycles. The first-order valence-electron chi connectivity index (χ1n) is 5.61. The number of aryl methyl sites for hydroxylation is 1. The summed E-state index contributed by atoms with van der Waals surface area (Å²) in [6.45, 7) is 10.2. The van der Waals surface area contributed by atoms with Crippen LogP contribution in [-0.4, -0.2) is 10.7 Å². The molecule has 1 heteroatoms. The summed E-state index contributed by atoms with van der Waals surface area (Å²) in [5.41, 5.74) is 1.82. The molecule has 1 atom stereocenters. The molecule has 1 aromatic carbocycles. The number of rotatable bonds is 3. The van der Waals surface area contributed by atoms with Gasteiger partial charge < -0.3 is 5.11 Å². The molecule has 1 rings (SSSR count). The zero-order valence-corrected chi connectivity index (χ0v) is 10.4. The molecular weight excluding hydrogens is 184 g/mol. The molecule has 0 aliphatic carbocycles. The Hall–Kier alpha value is -0.820. The maximum Gasteiger partial charge on any atom is 0.0662 e. The van der Waals surface area contributed by atoms with Crippen molar-refractivity contribution in [1.82, 2.24) is 0 Å². The maximum absolute atomic E-state index is 10.2. The minimum Gasteiger partial charge on any atom is -0.390 e. The van der Waals surface area contributed by atoms with Crippen molar-refractivity contribution in [3.8, 4) is 0 Å². The molecule has 0 aliphatic heterocycles. The van der Waals surface area contributed by atoms with Gasteiger partial charge in [0.25, 0.3) is 0 Å². The Bertz CT molecular complexity index is 303. The molecule has 0 bridgehead atoms. The topological polar surface area (TPSA) is 20.2 Å². The lowest BCUT2D eigenvalue weighted by Gasteiger charge is -2.33. The molecule has 0 spiro atoms. The first-order valence-corrected chi connectivity index (χ1v) is 5.61. The van der Waals surface area contributed by atoms with Gasteiger partial charge >= 0.3 is 0 Å². The van der Waals surface area contributed by atoms with Crippen molar-refractivity contribution in [1.29, 1.82) is 0 Å². The second-order valence-electron chi connectivity index (χ2n) is 5.29. The summed E-state index contributed by atoms with van der Waals surface area (Å²) in [5, 5.41) is 10.2. The van der Waals surface area contributed by atoms with Crippen molar-refractivity contribution in [2.45, 2.75) is 46.1 Å². The van der Waals surface area contributed by atoms with Gasteiger partial charge in [0.1, 0.15) is 0 Å². The molecule has 15 heavy (non-hydrogen) atoms. The van der Waals surface area contributed by atoms with E-state index in [9.17, 15) is 5.11 Å². The van der Waals surface area contributed by atoms with Crippen LogP contribution in [0.4, 0.5) is 0 Å². The summed E-state index contributed by atoms with van der Waals surface area (Å²) in [7, 11) is 0. The Balaban J connectivity index is 3.05. The third kappa shape index (κ3) is 3.07. The Morgan fingerprint density at radius 3 is 1.87 bits per heavy atom. The van der Waals surface area contributed by atoms with E-state index in [0.29, 0.717) is 5.92 Å². The Labute approximate surface area is 93.1 Å². The Morgan fingerprint density at radius 1 is 1.07 bits per heavy atom. The van der Waals surface area contributed by atoms with E-state index in [4.69, 9.17) is 0 Å². The van der Waals surface area contributed by atoms with Gasteiger partial charge in [-0.25, -0.2) is 0 Å². The molecule has 0 saturated heterocycles. The smallest absolute Gasteiger partial charge is 0.0662 e. The van der Waals surface area contributed by atoms with Crippen LogP contribution in [0.1, 0.15) is 44.7 Å². The first-order chi connectivity index (χ1) is 6.82. The van der Waals surface area contributed by atoms with Crippen LogP contribution in [0.2, 0.25) is 0 Å². The average Bonchev–Trinajstić information content (AvgIpc) is 2.05. The van der Waals surface area contributed by atoms with E-state index in [-0.39, 0.29) is 5.92 Å². The summed E-state index contributed by atoms with van der Waals surface area (Å²) in [4.78, 5) is 0. The third-order valence-corrected chi connectivity index (χ3v) is 2.86. The lowest BCUT2D eigenvalue weighted by Crippen LogP contribution is -2.32. The zero-order chi connectivity index (χ0) is 11.6. The van der Waals surface area contributed by atoms with Crippen molar-refractivity contribution < 1.29 is 5.11 Å². The van der Waals surface area contributed by atoms with E-state index in [0.717, 1.165) is 0 Å². The number of hydrogen-bond donors (Lipinski definition) is 1. The summed E-state index contributed by atoms with van der Waals surface area (Å²) < 4.78 is 0. The summed E-state index contributed by atoms with van der Waals surface area (Å²) >= 11 is 0. The molecule has 1 nitrogen and oxygen atoms in total. The van der Waals surface area contributed by atoms with Gasteiger partial charge in [-0.05, 0) is 32.3 Å². The highest BCUT2D eigenvalue weighted by Crippen LogP contribution is 2.34. The second kappa shape index (κ2) is 4.36. The molecule has 0 aromatic heterocycles. The van der Waals surface area contributed by atoms with Gasteiger partial charge in [-0.1, -0.05) is 43.7 Å². The van der Waals surface area contributed by atoms with E-state index in [2.05, 4.69) is 45.0 Å². The molecule has 0 heterocycles. The first kappa shape index (κ1) is 12.3. The van der Waals surface area contributed by atoms with Gasteiger partial charge in [0.05, 0.1) is 5.60 Å². The van der Waals surface area contributed by atoms with Crippen LogP contribution in [-0.2, 0) is 0 Å². The summed E-state index contributed by atoms with van der Waals surface area (Å²) in [5.74, 6) is 0.630. The highest BCUT2D eigenvalue weighted by molar-refractivity contribution is 5.26. The van der Waals surface area contributed by atoms with Crippen molar-refractivity contribution in [3.63, 3.8) is 0 Å². The Kier molecular flexibility index (Phi) is 3.56. The number of aliphatic hydroxyl groups is 1. The zero-order valence-electron chi connectivity index (χ0n) is 10.4. The van der Waals surface area contributed by atoms with E-state index in [1.54, 1.807) is 0 Å². The molecule has 0 radical (unpaired) electrons. The van der Waals surface area contributed by atoms with Gasteiger partial charge in [-0.3, -0.25) is 0 Å². The van der Waals surface area contributed by atoms with Gasteiger partial charge in [0.15, 0.2) is 0 Å². The fourth-order valence-electron chi connectivity index (χ4n) is 2.38.